The minimum absolute atomic E-state index is 0.133. The third kappa shape index (κ3) is 4.47. The van der Waals surface area contributed by atoms with Crippen molar-refractivity contribution in [3.8, 4) is 0 Å². The number of carbonyl (C=O) groups is 2. The number of methoxy groups -OCH3 is 1. The SMILES string of the molecule is COCCOCC(=O)NC1(C(=O)O)CCSCC1. The van der Waals surface area contributed by atoms with E-state index in [0.717, 1.165) is 11.5 Å². The molecule has 1 aliphatic rings. The molecule has 2 N–H and O–H groups in total. The van der Waals surface area contributed by atoms with Gasteiger partial charge < -0.3 is 19.9 Å². The minimum Gasteiger partial charge on any atom is -0.480 e. The Labute approximate surface area is 110 Å². The molecule has 1 fully saturated rings. The fourth-order valence-electron chi connectivity index (χ4n) is 1.72. The zero-order valence-electron chi connectivity index (χ0n) is 10.4. The van der Waals surface area contributed by atoms with E-state index < -0.39 is 11.5 Å². The maximum atomic E-state index is 11.6. The zero-order chi connectivity index (χ0) is 13.4. The molecule has 104 valence electrons. The van der Waals surface area contributed by atoms with Crippen LogP contribution in [0.4, 0.5) is 0 Å². The third-order valence-corrected chi connectivity index (χ3v) is 3.78. The molecule has 1 heterocycles. The highest BCUT2D eigenvalue weighted by molar-refractivity contribution is 7.99. The molecule has 0 atom stereocenters. The summed E-state index contributed by atoms with van der Waals surface area (Å²) in [6.07, 6.45) is 0.910. The fourth-order valence-corrected chi connectivity index (χ4v) is 2.91. The van der Waals surface area contributed by atoms with Crippen molar-refractivity contribution < 1.29 is 24.2 Å². The first-order chi connectivity index (χ1) is 8.60. The lowest BCUT2D eigenvalue weighted by atomic mass is 9.92. The van der Waals surface area contributed by atoms with Crippen LogP contribution < -0.4 is 5.32 Å². The summed E-state index contributed by atoms with van der Waals surface area (Å²) < 4.78 is 9.85. The number of carboxylic acid groups (broad SMARTS) is 1. The summed E-state index contributed by atoms with van der Waals surface area (Å²) in [4.78, 5) is 22.9. The first-order valence-electron chi connectivity index (χ1n) is 5.79. The number of thioether (sulfide) groups is 1. The highest BCUT2D eigenvalue weighted by Gasteiger charge is 2.41. The summed E-state index contributed by atoms with van der Waals surface area (Å²) in [6, 6.07) is 0. The summed E-state index contributed by atoms with van der Waals surface area (Å²) in [5.74, 6) is 0.141. The summed E-state index contributed by atoms with van der Waals surface area (Å²) in [5.41, 5.74) is -1.12. The molecule has 1 aliphatic heterocycles. The molecule has 0 spiro atoms. The number of ether oxygens (including phenoxy) is 2. The largest absolute Gasteiger partial charge is 0.480 e. The molecule has 0 radical (unpaired) electrons. The van der Waals surface area contributed by atoms with E-state index >= 15 is 0 Å². The van der Waals surface area contributed by atoms with Gasteiger partial charge in [0.2, 0.25) is 5.91 Å². The van der Waals surface area contributed by atoms with Crippen molar-refractivity contribution in [2.75, 3.05) is 38.4 Å². The van der Waals surface area contributed by atoms with Crippen LogP contribution in [0.1, 0.15) is 12.8 Å². The maximum Gasteiger partial charge on any atom is 0.329 e. The third-order valence-electron chi connectivity index (χ3n) is 2.80. The number of nitrogens with one attached hydrogen (secondary N) is 1. The normalized spacial score (nSPS) is 18.3. The van der Waals surface area contributed by atoms with E-state index in [9.17, 15) is 14.7 Å². The Morgan fingerprint density at radius 3 is 2.56 bits per heavy atom. The van der Waals surface area contributed by atoms with Gasteiger partial charge in [-0.15, -0.1) is 0 Å². The second-order valence-corrected chi connectivity index (χ2v) is 5.32. The molecule has 7 heteroatoms. The van der Waals surface area contributed by atoms with Crippen molar-refractivity contribution in [1.82, 2.24) is 5.32 Å². The Kier molecular flexibility index (Phi) is 6.45. The van der Waals surface area contributed by atoms with Crippen LogP contribution in [0.2, 0.25) is 0 Å². The topological polar surface area (TPSA) is 84.9 Å². The molecular formula is C11H19NO5S. The van der Waals surface area contributed by atoms with Gasteiger partial charge in [0.15, 0.2) is 0 Å². The van der Waals surface area contributed by atoms with Crippen molar-refractivity contribution in [2.45, 2.75) is 18.4 Å². The maximum absolute atomic E-state index is 11.6. The molecule has 0 aliphatic carbocycles. The van der Waals surface area contributed by atoms with Crippen LogP contribution in [0.3, 0.4) is 0 Å². The van der Waals surface area contributed by atoms with Gasteiger partial charge in [0.05, 0.1) is 13.2 Å². The Balaban J connectivity index is 2.41. The predicted molar refractivity (Wildman–Crippen MR) is 67.8 cm³/mol. The monoisotopic (exact) mass is 277 g/mol. The van der Waals surface area contributed by atoms with Crippen molar-refractivity contribution in [1.29, 1.82) is 0 Å². The molecule has 0 saturated carbocycles. The highest BCUT2D eigenvalue weighted by Crippen LogP contribution is 2.27. The molecule has 1 saturated heterocycles. The Morgan fingerprint density at radius 1 is 1.33 bits per heavy atom. The van der Waals surface area contributed by atoms with E-state index in [-0.39, 0.29) is 12.5 Å². The number of hydrogen-bond donors (Lipinski definition) is 2. The molecule has 18 heavy (non-hydrogen) atoms. The van der Waals surface area contributed by atoms with Gasteiger partial charge in [-0.2, -0.15) is 11.8 Å². The van der Waals surface area contributed by atoms with Gasteiger partial charge >= 0.3 is 5.97 Å². The lowest BCUT2D eigenvalue weighted by molar-refractivity contribution is -0.149. The standard InChI is InChI=1S/C11H19NO5S/c1-16-4-5-17-8-9(13)12-11(10(14)15)2-6-18-7-3-11/h2-8H2,1H3,(H,12,13)(H,14,15). The summed E-state index contributed by atoms with van der Waals surface area (Å²) >= 11 is 1.70. The van der Waals surface area contributed by atoms with Crippen molar-refractivity contribution >= 4 is 23.6 Å². The summed E-state index contributed by atoms with van der Waals surface area (Å²) in [6.45, 7) is 0.597. The van der Waals surface area contributed by atoms with Gasteiger partial charge in [0.25, 0.3) is 0 Å². The number of hydrogen-bond acceptors (Lipinski definition) is 5. The second-order valence-electron chi connectivity index (χ2n) is 4.09. The number of carboxylic acids is 1. The molecular weight excluding hydrogens is 258 g/mol. The predicted octanol–water partition coefficient (Wildman–Crippen LogP) is 0.116. The van der Waals surface area contributed by atoms with Gasteiger partial charge in [-0.3, -0.25) is 4.79 Å². The van der Waals surface area contributed by atoms with Crippen LogP contribution in [0.15, 0.2) is 0 Å². The van der Waals surface area contributed by atoms with Crippen LogP contribution in [0, 0.1) is 0 Å². The Morgan fingerprint density at radius 2 is 2.00 bits per heavy atom. The van der Waals surface area contributed by atoms with Gasteiger partial charge in [0, 0.05) is 7.11 Å². The van der Waals surface area contributed by atoms with Crippen LogP contribution in [-0.2, 0) is 19.1 Å². The van der Waals surface area contributed by atoms with Gasteiger partial charge in [0.1, 0.15) is 12.1 Å². The first-order valence-corrected chi connectivity index (χ1v) is 6.95. The van der Waals surface area contributed by atoms with E-state index in [4.69, 9.17) is 9.47 Å². The highest BCUT2D eigenvalue weighted by atomic mass is 32.2. The van der Waals surface area contributed by atoms with Gasteiger partial charge in [-0.1, -0.05) is 0 Å². The molecule has 0 unspecified atom stereocenters. The molecule has 6 nitrogen and oxygen atoms in total. The van der Waals surface area contributed by atoms with Crippen LogP contribution >= 0.6 is 11.8 Å². The van der Waals surface area contributed by atoms with Gasteiger partial charge in [-0.25, -0.2) is 4.79 Å². The molecule has 0 aromatic carbocycles. The number of amides is 1. The molecule has 1 amide bonds. The van der Waals surface area contributed by atoms with E-state index in [0.29, 0.717) is 26.1 Å². The Hall–Kier alpha value is -0.790. The number of aliphatic carboxylic acids is 1. The fraction of sp³-hybridized carbons (Fsp3) is 0.818. The van der Waals surface area contributed by atoms with Crippen LogP contribution in [0.25, 0.3) is 0 Å². The lowest BCUT2D eigenvalue weighted by Crippen LogP contribution is -2.57. The number of rotatable bonds is 7. The Bertz CT molecular complexity index is 291. The minimum atomic E-state index is -1.12. The summed E-state index contributed by atoms with van der Waals surface area (Å²) in [7, 11) is 1.54. The van der Waals surface area contributed by atoms with E-state index in [1.807, 2.05) is 0 Å². The average Bonchev–Trinajstić information content (AvgIpc) is 2.35. The van der Waals surface area contributed by atoms with Crippen molar-refractivity contribution in [2.24, 2.45) is 0 Å². The van der Waals surface area contributed by atoms with Gasteiger partial charge in [-0.05, 0) is 24.3 Å². The van der Waals surface area contributed by atoms with E-state index in [1.54, 1.807) is 18.9 Å². The summed E-state index contributed by atoms with van der Waals surface area (Å²) in [5, 5.41) is 11.9. The quantitative estimate of drug-likeness (QED) is 0.643. The second kappa shape index (κ2) is 7.60. The smallest absolute Gasteiger partial charge is 0.329 e. The lowest BCUT2D eigenvalue weighted by Gasteiger charge is -2.33. The van der Waals surface area contributed by atoms with Crippen LogP contribution in [0.5, 0.6) is 0 Å². The van der Waals surface area contributed by atoms with Crippen LogP contribution in [-0.4, -0.2) is 61.0 Å². The van der Waals surface area contributed by atoms with E-state index in [1.165, 1.54) is 0 Å². The first kappa shape index (κ1) is 15.3. The molecule has 0 bridgehead atoms. The molecule has 0 aromatic rings. The number of carbonyl (C=O) groups excluding carboxylic acids is 1. The van der Waals surface area contributed by atoms with Crippen molar-refractivity contribution in [3.05, 3.63) is 0 Å². The average molecular weight is 277 g/mol. The van der Waals surface area contributed by atoms with E-state index in [2.05, 4.69) is 5.32 Å². The zero-order valence-corrected chi connectivity index (χ0v) is 11.3. The molecule has 0 aromatic heterocycles. The molecule has 1 rings (SSSR count). The van der Waals surface area contributed by atoms with Crippen molar-refractivity contribution in [3.63, 3.8) is 0 Å².